The van der Waals surface area contributed by atoms with Crippen molar-refractivity contribution in [3.05, 3.63) is 0 Å². The molecule has 0 aromatic heterocycles. The van der Waals surface area contributed by atoms with Gasteiger partial charge in [-0.3, -0.25) is 4.79 Å². The molecule has 1 fully saturated rings. The Kier molecular flexibility index (Phi) is 6.09. The van der Waals surface area contributed by atoms with Crippen molar-refractivity contribution in [3.8, 4) is 0 Å². The maximum absolute atomic E-state index is 11.0. The van der Waals surface area contributed by atoms with Crippen molar-refractivity contribution in [2.24, 2.45) is 5.41 Å². The van der Waals surface area contributed by atoms with Crippen LogP contribution in [0.3, 0.4) is 0 Å². The van der Waals surface area contributed by atoms with E-state index in [0.29, 0.717) is 18.6 Å². The molecule has 1 aliphatic carbocycles. The van der Waals surface area contributed by atoms with Gasteiger partial charge in [0, 0.05) is 24.5 Å². The van der Waals surface area contributed by atoms with Gasteiger partial charge in [0.25, 0.3) is 0 Å². The third-order valence-electron chi connectivity index (χ3n) is 4.29. The molecule has 0 heterocycles. The molecule has 0 radical (unpaired) electrons. The summed E-state index contributed by atoms with van der Waals surface area (Å²) in [7, 11) is 1.43. The lowest BCUT2D eigenvalue weighted by molar-refractivity contribution is -0.141. The van der Waals surface area contributed by atoms with E-state index in [9.17, 15) is 4.79 Å². The van der Waals surface area contributed by atoms with Crippen LogP contribution in [0.4, 0.5) is 0 Å². The minimum Gasteiger partial charge on any atom is -0.469 e. The van der Waals surface area contributed by atoms with Gasteiger partial charge in [-0.1, -0.05) is 13.8 Å². The average Bonchev–Trinajstić information content (AvgIpc) is 2.39. The molecule has 1 saturated carbocycles. The van der Waals surface area contributed by atoms with Crippen molar-refractivity contribution >= 4 is 5.97 Å². The van der Waals surface area contributed by atoms with E-state index in [1.807, 2.05) is 6.92 Å². The van der Waals surface area contributed by atoms with Crippen molar-refractivity contribution in [2.75, 3.05) is 20.3 Å². The van der Waals surface area contributed by atoms with Crippen LogP contribution < -0.4 is 5.32 Å². The standard InChI is InChI=1S/C14H27NO3/c1-5-14(3)11(10-12(14)18-6-2)15-9-7-8-13(16)17-4/h11-12,15H,5-10H2,1-4H3. The number of ether oxygens (including phenoxy) is 2. The molecular weight excluding hydrogens is 230 g/mol. The number of esters is 1. The Morgan fingerprint density at radius 1 is 1.44 bits per heavy atom. The summed E-state index contributed by atoms with van der Waals surface area (Å²) in [4.78, 5) is 11.0. The minimum absolute atomic E-state index is 0.129. The smallest absolute Gasteiger partial charge is 0.305 e. The first-order valence-corrected chi connectivity index (χ1v) is 7.00. The molecule has 0 spiro atoms. The van der Waals surface area contributed by atoms with E-state index >= 15 is 0 Å². The van der Waals surface area contributed by atoms with Crippen LogP contribution in [0.5, 0.6) is 0 Å². The Morgan fingerprint density at radius 3 is 2.72 bits per heavy atom. The Labute approximate surface area is 110 Å². The van der Waals surface area contributed by atoms with Gasteiger partial charge in [-0.15, -0.1) is 0 Å². The molecular formula is C14H27NO3. The van der Waals surface area contributed by atoms with E-state index in [1.165, 1.54) is 7.11 Å². The van der Waals surface area contributed by atoms with Crippen LogP contribution >= 0.6 is 0 Å². The molecule has 0 aliphatic heterocycles. The van der Waals surface area contributed by atoms with Gasteiger partial charge in [0.15, 0.2) is 0 Å². The number of methoxy groups -OCH3 is 1. The highest BCUT2D eigenvalue weighted by molar-refractivity contribution is 5.69. The third-order valence-corrected chi connectivity index (χ3v) is 4.29. The topological polar surface area (TPSA) is 47.6 Å². The summed E-state index contributed by atoms with van der Waals surface area (Å²) < 4.78 is 10.4. The molecule has 0 bridgehead atoms. The van der Waals surface area contributed by atoms with Gasteiger partial charge in [0.1, 0.15) is 0 Å². The van der Waals surface area contributed by atoms with E-state index < -0.39 is 0 Å². The Hall–Kier alpha value is -0.610. The Morgan fingerprint density at radius 2 is 2.17 bits per heavy atom. The van der Waals surface area contributed by atoms with E-state index in [4.69, 9.17) is 4.74 Å². The molecule has 0 amide bonds. The van der Waals surface area contributed by atoms with Crippen LogP contribution in [0.2, 0.25) is 0 Å². The quantitative estimate of drug-likeness (QED) is 0.534. The van der Waals surface area contributed by atoms with Gasteiger partial charge in [0.2, 0.25) is 0 Å². The zero-order valence-electron chi connectivity index (χ0n) is 12.1. The second kappa shape index (κ2) is 7.10. The van der Waals surface area contributed by atoms with E-state index in [-0.39, 0.29) is 11.4 Å². The fourth-order valence-corrected chi connectivity index (χ4v) is 2.68. The molecule has 0 saturated heterocycles. The molecule has 1 N–H and O–H groups in total. The van der Waals surface area contributed by atoms with E-state index in [0.717, 1.165) is 32.4 Å². The van der Waals surface area contributed by atoms with Crippen LogP contribution in [0.15, 0.2) is 0 Å². The molecule has 1 rings (SSSR count). The maximum atomic E-state index is 11.0. The molecule has 0 aromatic carbocycles. The normalized spacial score (nSPS) is 30.9. The van der Waals surface area contributed by atoms with Gasteiger partial charge >= 0.3 is 5.97 Å². The van der Waals surface area contributed by atoms with Crippen molar-refractivity contribution < 1.29 is 14.3 Å². The number of rotatable bonds is 8. The van der Waals surface area contributed by atoms with Gasteiger partial charge in [-0.2, -0.15) is 0 Å². The highest BCUT2D eigenvalue weighted by Crippen LogP contribution is 2.45. The Bertz CT molecular complexity index is 270. The molecule has 18 heavy (non-hydrogen) atoms. The largest absolute Gasteiger partial charge is 0.469 e. The number of nitrogens with one attached hydrogen (secondary N) is 1. The van der Waals surface area contributed by atoms with Crippen LogP contribution in [0.25, 0.3) is 0 Å². The first-order chi connectivity index (χ1) is 8.58. The lowest BCUT2D eigenvalue weighted by Gasteiger charge is -2.53. The van der Waals surface area contributed by atoms with Crippen molar-refractivity contribution in [3.63, 3.8) is 0 Å². The predicted octanol–water partition coefficient (Wildman–Crippen LogP) is 2.12. The summed E-state index contributed by atoms with van der Waals surface area (Å²) in [6, 6.07) is 0.511. The molecule has 1 aliphatic rings. The predicted molar refractivity (Wildman–Crippen MR) is 71.5 cm³/mol. The minimum atomic E-state index is -0.129. The molecule has 4 heteroatoms. The third kappa shape index (κ3) is 3.45. The Balaban J connectivity index is 2.25. The number of hydrogen-bond acceptors (Lipinski definition) is 4. The van der Waals surface area contributed by atoms with Gasteiger partial charge in [-0.05, 0) is 32.7 Å². The monoisotopic (exact) mass is 257 g/mol. The molecule has 4 nitrogen and oxygen atoms in total. The zero-order chi connectivity index (χ0) is 13.6. The lowest BCUT2D eigenvalue weighted by atomic mass is 9.61. The summed E-state index contributed by atoms with van der Waals surface area (Å²) >= 11 is 0. The van der Waals surface area contributed by atoms with Crippen LogP contribution in [0, 0.1) is 5.41 Å². The number of carbonyl (C=O) groups excluding carboxylic acids is 1. The van der Waals surface area contributed by atoms with E-state index in [1.54, 1.807) is 0 Å². The second-order valence-electron chi connectivity index (χ2n) is 5.23. The van der Waals surface area contributed by atoms with E-state index in [2.05, 4.69) is 23.9 Å². The first-order valence-electron chi connectivity index (χ1n) is 7.00. The number of carbonyl (C=O) groups is 1. The summed E-state index contributed by atoms with van der Waals surface area (Å²) in [5, 5.41) is 3.54. The number of hydrogen-bond donors (Lipinski definition) is 1. The van der Waals surface area contributed by atoms with Crippen molar-refractivity contribution in [1.82, 2.24) is 5.32 Å². The van der Waals surface area contributed by atoms with Crippen molar-refractivity contribution in [2.45, 2.75) is 58.6 Å². The second-order valence-corrected chi connectivity index (χ2v) is 5.23. The van der Waals surface area contributed by atoms with Gasteiger partial charge in [-0.25, -0.2) is 0 Å². The summed E-state index contributed by atoms with van der Waals surface area (Å²) in [5.41, 5.74) is 0.237. The molecule has 0 aromatic rings. The summed E-state index contributed by atoms with van der Waals surface area (Å²) in [6.45, 7) is 8.21. The fourth-order valence-electron chi connectivity index (χ4n) is 2.68. The molecule has 3 atom stereocenters. The lowest BCUT2D eigenvalue weighted by Crippen LogP contribution is -2.62. The molecule has 3 unspecified atom stereocenters. The highest BCUT2D eigenvalue weighted by atomic mass is 16.5. The first kappa shape index (κ1) is 15.4. The molecule has 106 valence electrons. The fraction of sp³-hybridized carbons (Fsp3) is 0.929. The zero-order valence-corrected chi connectivity index (χ0v) is 12.1. The van der Waals surface area contributed by atoms with Crippen LogP contribution in [-0.2, 0) is 14.3 Å². The maximum Gasteiger partial charge on any atom is 0.305 e. The summed E-state index contributed by atoms with van der Waals surface area (Å²) in [5.74, 6) is -0.129. The SMILES string of the molecule is CCOC1CC(NCCCC(=O)OC)C1(C)CC. The average molecular weight is 257 g/mol. The summed E-state index contributed by atoms with van der Waals surface area (Å²) in [6.07, 6.45) is 3.91. The van der Waals surface area contributed by atoms with Gasteiger partial charge < -0.3 is 14.8 Å². The van der Waals surface area contributed by atoms with Crippen molar-refractivity contribution in [1.29, 1.82) is 0 Å². The van der Waals surface area contributed by atoms with Crippen LogP contribution in [-0.4, -0.2) is 38.4 Å². The van der Waals surface area contributed by atoms with Crippen LogP contribution in [0.1, 0.15) is 46.5 Å². The van der Waals surface area contributed by atoms with Gasteiger partial charge in [0.05, 0.1) is 13.2 Å². The highest BCUT2D eigenvalue weighted by Gasteiger charge is 2.50.